The summed E-state index contributed by atoms with van der Waals surface area (Å²) in [6, 6.07) is 18.5. The Morgan fingerprint density at radius 1 is 0.886 bits per heavy atom. The first kappa shape index (κ1) is 29.9. The summed E-state index contributed by atoms with van der Waals surface area (Å²) in [7, 11) is -3.54. The van der Waals surface area contributed by atoms with E-state index in [9.17, 15) is 8.42 Å². The van der Waals surface area contributed by atoms with Crippen molar-refractivity contribution in [2.75, 3.05) is 50.7 Å². The van der Waals surface area contributed by atoms with E-state index in [0.717, 1.165) is 43.7 Å². The van der Waals surface area contributed by atoms with Gasteiger partial charge in [-0.05, 0) is 111 Å². The van der Waals surface area contributed by atoms with Crippen molar-refractivity contribution >= 4 is 15.5 Å². The largest absolute Gasteiger partial charge is 0.371 e. The highest BCUT2D eigenvalue weighted by molar-refractivity contribution is 7.91. The normalized spacial score (nSPS) is 24.4. The van der Waals surface area contributed by atoms with E-state index in [1.165, 1.54) is 64.7 Å². The molecule has 7 heteroatoms. The summed E-state index contributed by atoms with van der Waals surface area (Å²) in [4.78, 5) is 12.6. The van der Waals surface area contributed by atoms with Crippen LogP contribution in [0.2, 0.25) is 0 Å². The van der Waals surface area contributed by atoms with Crippen molar-refractivity contribution < 1.29 is 8.42 Å². The van der Waals surface area contributed by atoms with Crippen LogP contribution in [0.3, 0.4) is 0 Å². The fraction of sp³-hybridized carbons (Fsp3) is 0.541. The number of piperidine rings is 1. The zero-order valence-electron chi connectivity index (χ0n) is 26.5. The molecule has 3 fully saturated rings. The zero-order chi connectivity index (χ0) is 30.3. The van der Waals surface area contributed by atoms with Crippen LogP contribution in [0.5, 0.6) is 0 Å². The standard InChI is InChI=1S/C37H48N4O2S/c1-3-39-26-30-8-4-7-11-35(30)37(27-39,31-9-5-6-10-31)32-17-20-40(21-18-32)23-29-24-41(25-29)33-12-14-34(15-13-33)44(42,43)36-16-19-38-22-28(36)2/h4,7-8,11-16,19,22,29,31-32H,3,5-6,9-10,17-18,20-21,23-27H2,1-2H3. The van der Waals surface area contributed by atoms with Crippen molar-refractivity contribution in [2.45, 2.75) is 74.1 Å². The molecule has 0 spiro atoms. The highest BCUT2D eigenvalue weighted by atomic mass is 32.2. The van der Waals surface area contributed by atoms with Crippen molar-refractivity contribution in [2.24, 2.45) is 17.8 Å². The predicted molar refractivity (Wildman–Crippen MR) is 177 cm³/mol. The van der Waals surface area contributed by atoms with Crippen LogP contribution in [0.4, 0.5) is 5.69 Å². The number of hydrogen-bond acceptors (Lipinski definition) is 6. The van der Waals surface area contributed by atoms with Gasteiger partial charge in [-0.15, -0.1) is 0 Å². The molecule has 2 saturated heterocycles. The van der Waals surface area contributed by atoms with Gasteiger partial charge in [0, 0.05) is 62.1 Å². The number of likely N-dealkylation sites (N-methyl/N-ethyl adjacent to an activating group) is 1. The molecule has 0 bridgehead atoms. The third kappa shape index (κ3) is 5.39. The molecule has 2 aromatic carbocycles. The number of aromatic nitrogens is 1. The number of aryl methyl sites for hydroxylation is 1. The highest BCUT2D eigenvalue weighted by Gasteiger charge is 2.51. The summed E-state index contributed by atoms with van der Waals surface area (Å²) < 4.78 is 26.3. The van der Waals surface area contributed by atoms with Gasteiger partial charge in [-0.1, -0.05) is 44.0 Å². The summed E-state index contributed by atoms with van der Waals surface area (Å²) in [6.45, 7) is 13.3. The lowest BCUT2D eigenvalue weighted by Gasteiger charge is -2.54. The summed E-state index contributed by atoms with van der Waals surface area (Å²) in [5.41, 5.74) is 5.38. The van der Waals surface area contributed by atoms with E-state index in [1.54, 1.807) is 48.6 Å². The predicted octanol–water partition coefficient (Wildman–Crippen LogP) is 6.33. The van der Waals surface area contributed by atoms with Gasteiger partial charge in [-0.2, -0.15) is 0 Å². The second-order valence-corrected chi connectivity index (χ2v) is 15.9. The Kier molecular flexibility index (Phi) is 8.32. The molecule has 1 unspecified atom stereocenters. The van der Waals surface area contributed by atoms with Crippen molar-refractivity contribution in [3.63, 3.8) is 0 Å². The molecular formula is C37H48N4O2S. The first-order chi connectivity index (χ1) is 21.4. The van der Waals surface area contributed by atoms with Crippen LogP contribution < -0.4 is 4.90 Å². The van der Waals surface area contributed by atoms with E-state index in [2.05, 4.69) is 50.9 Å². The van der Waals surface area contributed by atoms with Crippen LogP contribution in [0.25, 0.3) is 0 Å². The third-order valence-corrected chi connectivity index (χ3v) is 13.4. The SMILES string of the molecule is CCN1Cc2ccccc2C(C2CCCC2)(C2CCN(CC3CN(c4ccc(S(=O)(=O)c5ccncc5C)cc4)C3)CC2)C1. The van der Waals surface area contributed by atoms with Crippen LogP contribution in [-0.4, -0.2) is 69.0 Å². The smallest absolute Gasteiger partial charge is 0.206 e. The van der Waals surface area contributed by atoms with Gasteiger partial charge in [0.05, 0.1) is 9.79 Å². The van der Waals surface area contributed by atoms with E-state index in [-0.39, 0.29) is 0 Å². The Hall–Kier alpha value is -2.74. The van der Waals surface area contributed by atoms with Gasteiger partial charge in [0.15, 0.2) is 0 Å². The fourth-order valence-corrected chi connectivity index (χ4v) is 10.6. The van der Waals surface area contributed by atoms with Crippen LogP contribution in [-0.2, 0) is 21.8 Å². The Labute approximate surface area is 264 Å². The number of hydrogen-bond donors (Lipinski definition) is 0. The minimum Gasteiger partial charge on any atom is -0.371 e. The summed E-state index contributed by atoms with van der Waals surface area (Å²) in [6.07, 6.45) is 11.4. The molecular weight excluding hydrogens is 565 g/mol. The number of benzene rings is 2. The first-order valence-electron chi connectivity index (χ1n) is 16.9. The number of rotatable bonds is 8. The number of likely N-dealkylation sites (tertiary alicyclic amines) is 1. The molecule has 4 aliphatic rings. The quantitative estimate of drug-likeness (QED) is 0.296. The minimum absolute atomic E-state index is 0.316. The summed E-state index contributed by atoms with van der Waals surface area (Å²) in [5, 5.41) is 0. The molecule has 6 nitrogen and oxygen atoms in total. The maximum atomic E-state index is 13.2. The van der Waals surface area contributed by atoms with Crippen molar-refractivity contribution in [1.29, 1.82) is 0 Å². The lowest BCUT2D eigenvalue weighted by molar-refractivity contribution is 0.0359. The third-order valence-electron chi connectivity index (χ3n) is 11.5. The molecule has 1 saturated carbocycles. The molecule has 0 radical (unpaired) electrons. The molecule has 0 amide bonds. The first-order valence-corrected chi connectivity index (χ1v) is 18.4. The molecule has 1 atom stereocenters. The molecule has 4 heterocycles. The Balaban J connectivity index is 0.971. The molecule has 1 aliphatic carbocycles. The van der Waals surface area contributed by atoms with Crippen LogP contribution in [0, 0.1) is 24.7 Å². The Morgan fingerprint density at radius 2 is 1.59 bits per heavy atom. The van der Waals surface area contributed by atoms with Gasteiger partial charge >= 0.3 is 0 Å². The minimum atomic E-state index is -3.54. The van der Waals surface area contributed by atoms with Crippen LogP contribution in [0.15, 0.2) is 76.8 Å². The molecule has 7 rings (SSSR count). The molecule has 1 aromatic heterocycles. The highest BCUT2D eigenvalue weighted by Crippen LogP contribution is 2.53. The van der Waals surface area contributed by atoms with Gasteiger partial charge in [0.1, 0.15) is 0 Å². The monoisotopic (exact) mass is 612 g/mol. The van der Waals surface area contributed by atoms with Gasteiger partial charge < -0.3 is 9.80 Å². The van der Waals surface area contributed by atoms with E-state index < -0.39 is 9.84 Å². The lowest BCUT2D eigenvalue weighted by atomic mass is 9.57. The topological polar surface area (TPSA) is 56.8 Å². The van der Waals surface area contributed by atoms with E-state index >= 15 is 0 Å². The lowest BCUT2D eigenvalue weighted by Crippen LogP contribution is -2.57. The average Bonchev–Trinajstić information content (AvgIpc) is 3.58. The van der Waals surface area contributed by atoms with Gasteiger partial charge in [0.25, 0.3) is 0 Å². The van der Waals surface area contributed by atoms with Crippen LogP contribution in [0.1, 0.15) is 62.1 Å². The van der Waals surface area contributed by atoms with E-state index in [1.807, 2.05) is 12.1 Å². The van der Waals surface area contributed by atoms with Crippen molar-refractivity contribution in [1.82, 2.24) is 14.8 Å². The van der Waals surface area contributed by atoms with Gasteiger partial charge in [0.2, 0.25) is 9.84 Å². The fourth-order valence-electron chi connectivity index (χ4n) is 9.18. The summed E-state index contributed by atoms with van der Waals surface area (Å²) >= 11 is 0. The number of anilines is 1. The van der Waals surface area contributed by atoms with Crippen molar-refractivity contribution in [3.05, 3.63) is 83.7 Å². The molecule has 3 aliphatic heterocycles. The number of fused-ring (bicyclic) bond motifs is 1. The molecule has 234 valence electrons. The molecule has 3 aromatic rings. The second-order valence-electron chi connectivity index (χ2n) is 14.0. The van der Waals surface area contributed by atoms with Gasteiger partial charge in [-0.25, -0.2) is 8.42 Å². The summed E-state index contributed by atoms with van der Waals surface area (Å²) in [5.74, 6) is 2.26. The second kappa shape index (κ2) is 12.2. The zero-order valence-corrected chi connectivity index (χ0v) is 27.3. The van der Waals surface area contributed by atoms with E-state index in [4.69, 9.17) is 0 Å². The van der Waals surface area contributed by atoms with Crippen LogP contribution >= 0.6 is 0 Å². The maximum absolute atomic E-state index is 13.2. The Bertz CT molecular complexity index is 1550. The van der Waals surface area contributed by atoms with Gasteiger partial charge in [-0.3, -0.25) is 9.88 Å². The molecule has 0 N–H and O–H groups in total. The van der Waals surface area contributed by atoms with E-state index in [0.29, 0.717) is 26.7 Å². The number of nitrogens with zero attached hydrogens (tertiary/aromatic N) is 4. The Morgan fingerprint density at radius 3 is 2.30 bits per heavy atom. The molecule has 44 heavy (non-hydrogen) atoms. The number of sulfone groups is 1. The van der Waals surface area contributed by atoms with Crippen molar-refractivity contribution in [3.8, 4) is 0 Å². The maximum Gasteiger partial charge on any atom is 0.206 e. The average molecular weight is 613 g/mol. The number of pyridine rings is 1.